The van der Waals surface area contributed by atoms with E-state index < -0.39 is 12.1 Å². The molecule has 0 spiro atoms. The Kier molecular flexibility index (Phi) is 6.31. The minimum Gasteiger partial charge on any atom is -0.484 e. The molecule has 7 heteroatoms. The molecule has 0 aliphatic heterocycles. The summed E-state index contributed by atoms with van der Waals surface area (Å²) in [7, 11) is 0. The Morgan fingerprint density at radius 1 is 1.42 bits per heavy atom. The lowest BCUT2D eigenvalue weighted by Crippen LogP contribution is -2.33. The third kappa shape index (κ3) is 6.21. The number of benzene rings is 1. The van der Waals surface area contributed by atoms with Gasteiger partial charge >= 0.3 is 5.97 Å². The lowest BCUT2D eigenvalue weighted by molar-refractivity contribution is -0.147. The lowest BCUT2D eigenvalue weighted by atomic mass is 10.2. The van der Waals surface area contributed by atoms with Crippen molar-refractivity contribution in [1.82, 2.24) is 5.32 Å². The van der Waals surface area contributed by atoms with Gasteiger partial charge in [-0.2, -0.15) is 0 Å². The van der Waals surface area contributed by atoms with Crippen LogP contribution in [0.4, 0.5) is 0 Å². The van der Waals surface area contributed by atoms with Crippen molar-refractivity contribution >= 4 is 27.8 Å². The molecule has 1 unspecified atom stereocenters. The first kappa shape index (κ1) is 15.5. The van der Waals surface area contributed by atoms with Crippen molar-refractivity contribution in [3.05, 3.63) is 28.7 Å². The van der Waals surface area contributed by atoms with E-state index in [9.17, 15) is 9.59 Å². The molecule has 0 fully saturated rings. The Morgan fingerprint density at radius 2 is 2.16 bits per heavy atom. The zero-order valence-corrected chi connectivity index (χ0v) is 11.6. The highest BCUT2D eigenvalue weighted by molar-refractivity contribution is 9.10. The van der Waals surface area contributed by atoms with Crippen molar-refractivity contribution in [2.45, 2.75) is 12.5 Å². The number of carboxylic acid groups (broad SMARTS) is 1. The third-order valence-corrected chi connectivity index (χ3v) is 2.68. The summed E-state index contributed by atoms with van der Waals surface area (Å²) in [5.74, 6) is -1.13. The SMILES string of the molecule is O=C(COc1cccc(Br)c1)NCCC(O)C(=O)O. The first-order valence-electron chi connectivity index (χ1n) is 5.55. The van der Waals surface area contributed by atoms with Crippen molar-refractivity contribution < 1.29 is 24.5 Å². The van der Waals surface area contributed by atoms with Crippen LogP contribution in [0.5, 0.6) is 5.75 Å². The van der Waals surface area contributed by atoms with E-state index in [2.05, 4.69) is 21.2 Å². The number of carbonyl (C=O) groups is 2. The molecule has 0 heterocycles. The number of nitrogens with one attached hydrogen (secondary N) is 1. The number of rotatable bonds is 7. The molecule has 1 amide bonds. The summed E-state index contributed by atoms with van der Waals surface area (Å²) in [5.41, 5.74) is 0. The van der Waals surface area contributed by atoms with Crippen LogP contribution in [0.1, 0.15) is 6.42 Å². The molecule has 1 rings (SSSR count). The highest BCUT2D eigenvalue weighted by Gasteiger charge is 2.12. The predicted octanol–water partition coefficient (Wildman–Crippen LogP) is 0.780. The Hall–Kier alpha value is -1.60. The number of carboxylic acids is 1. The standard InChI is InChI=1S/C12H14BrNO5/c13-8-2-1-3-9(6-8)19-7-11(16)14-5-4-10(15)12(17)18/h1-3,6,10,15H,4-5,7H2,(H,14,16)(H,17,18). The Morgan fingerprint density at radius 3 is 2.79 bits per heavy atom. The maximum absolute atomic E-state index is 11.4. The fourth-order valence-corrected chi connectivity index (χ4v) is 1.61. The van der Waals surface area contributed by atoms with Gasteiger partial charge in [0.25, 0.3) is 5.91 Å². The average Bonchev–Trinajstić information content (AvgIpc) is 2.36. The first-order chi connectivity index (χ1) is 8.99. The van der Waals surface area contributed by atoms with E-state index in [0.717, 1.165) is 4.47 Å². The summed E-state index contributed by atoms with van der Waals surface area (Å²) >= 11 is 3.28. The van der Waals surface area contributed by atoms with Crippen LogP contribution in [0.2, 0.25) is 0 Å². The Labute approximate surface area is 118 Å². The van der Waals surface area contributed by atoms with Gasteiger partial charge < -0.3 is 20.3 Å². The van der Waals surface area contributed by atoms with Crippen molar-refractivity contribution in [2.24, 2.45) is 0 Å². The summed E-state index contributed by atoms with van der Waals surface area (Å²) in [4.78, 5) is 21.7. The van der Waals surface area contributed by atoms with Crippen molar-refractivity contribution in [3.63, 3.8) is 0 Å². The normalized spacial score (nSPS) is 11.7. The fourth-order valence-electron chi connectivity index (χ4n) is 1.23. The minimum absolute atomic E-state index is 0.0437. The molecule has 0 saturated carbocycles. The van der Waals surface area contributed by atoms with Crippen LogP contribution < -0.4 is 10.1 Å². The monoisotopic (exact) mass is 331 g/mol. The molecule has 0 radical (unpaired) electrons. The molecule has 0 aliphatic rings. The molecule has 0 aromatic heterocycles. The van der Waals surface area contributed by atoms with Gasteiger partial charge in [0.1, 0.15) is 5.75 Å². The smallest absolute Gasteiger partial charge is 0.332 e. The molecule has 6 nitrogen and oxygen atoms in total. The highest BCUT2D eigenvalue weighted by Crippen LogP contribution is 2.17. The maximum Gasteiger partial charge on any atom is 0.332 e. The van der Waals surface area contributed by atoms with Crippen LogP contribution in [0.25, 0.3) is 0 Å². The van der Waals surface area contributed by atoms with Crippen LogP contribution in [0, 0.1) is 0 Å². The van der Waals surface area contributed by atoms with E-state index in [-0.39, 0.29) is 25.5 Å². The number of aliphatic hydroxyl groups excluding tert-OH is 1. The summed E-state index contributed by atoms with van der Waals surface area (Å²) in [5, 5.41) is 19.9. The van der Waals surface area contributed by atoms with Gasteiger partial charge in [-0.3, -0.25) is 4.79 Å². The number of carbonyl (C=O) groups excluding carboxylic acids is 1. The number of aliphatic hydroxyl groups is 1. The largest absolute Gasteiger partial charge is 0.484 e. The number of ether oxygens (including phenoxy) is 1. The molecule has 1 aromatic carbocycles. The average molecular weight is 332 g/mol. The van der Waals surface area contributed by atoms with E-state index in [4.69, 9.17) is 14.9 Å². The summed E-state index contributed by atoms with van der Waals surface area (Å²) in [6.07, 6.45) is -1.51. The Bertz CT molecular complexity index is 452. The van der Waals surface area contributed by atoms with E-state index >= 15 is 0 Å². The van der Waals surface area contributed by atoms with Gasteiger partial charge in [0.2, 0.25) is 0 Å². The predicted molar refractivity (Wildman–Crippen MR) is 70.9 cm³/mol. The van der Waals surface area contributed by atoms with Gasteiger partial charge in [-0.05, 0) is 18.2 Å². The van der Waals surface area contributed by atoms with Crippen LogP contribution in [0.3, 0.4) is 0 Å². The van der Waals surface area contributed by atoms with Gasteiger partial charge in [0.15, 0.2) is 12.7 Å². The van der Waals surface area contributed by atoms with Gasteiger partial charge in [0.05, 0.1) is 0 Å². The quantitative estimate of drug-likeness (QED) is 0.686. The number of aliphatic carboxylic acids is 1. The Balaban J connectivity index is 2.23. The minimum atomic E-state index is -1.47. The van der Waals surface area contributed by atoms with Gasteiger partial charge in [0, 0.05) is 17.4 Å². The zero-order valence-electron chi connectivity index (χ0n) is 10.0. The number of amides is 1. The number of hydrogen-bond acceptors (Lipinski definition) is 4. The third-order valence-electron chi connectivity index (χ3n) is 2.19. The maximum atomic E-state index is 11.4. The molecular formula is C12H14BrNO5. The van der Waals surface area contributed by atoms with Crippen LogP contribution in [0.15, 0.2) is 28.7 Å². The van der Waals surface area contributed by atoms with E-state index in [1.54, 1.807) is 18.2 Å². The number of hydrogen-bond donors (Lipinski definition) is 3. The molecule has 3 N–H and O–H groups in total. The van der Waals surface area contributed by atoms with Gasteiger partial charge in [-0.1, -0.05) is 22.0 Å². The molecule has 104 valence electrons. The molecule has 0 aliphatic carbocycles. The van der Waals surface area contributed by atoms with Crippen molar-refractivity contribution in [2.75, 3.05) is 13.2 Å². The number of halogens is 1. The molecular weight excluding hydrogens is 318 g/mol. The molecule has 1 aromatic rings. The second kappa shape index (κ2) is 7.75. The summed E-state index contributed by atoms with van der Waals surface area (Å²) in [6.45, 7) is -0.0895. The van der Waals surface area contributed by atoms with Crippen molar-refractivity contribution in [3.8, 4) is 5.75 Å². The van der Waals surface area contributed by atoms with Crippen LogP contribution >= 0.6 is 15.9 Å². The van der Waals surface area contributed by atoms with Crippen LogP contribution in [-0.4, -0.2) is 41.3 Å². The first-order valence-corrected chi connectivity index (χ1v) is 6.34. The second-order valence-electron chi connectivity index (χ2n) is 3.74. The van der Waals surface area contributed by atoms with E-state index in [1.165, 1.54) is 0 Å². The van der Waals surface area contributed by atoms with Gasteiger partial charge in [-0.25, -0.2) is 4.79 Å². The van der Waals surface area contributed by atoms with Crippen molar-refractivity contribution in [1.29, 1.82) is 0 Å². The highest BCUT2D eigenvalue weighted by atomic mass is 79.9. The van der Waals surface area contributed by atoms with Crippen LogP contribution in [-0.2, 0) is 9.59 Å². The van der Waals surface area contributed by atoms with Gasteiger partial charge in [-0.15, -0.1) is 0 Å². The molecule has 1 atom stereocenters. The van der Waals surface area contributed by atoms with E-state index in [0.29, 0.717) is 5.75 Å². The molecule has 19 heavy (non-hydrogen) atoms. The topological polar surface area (TPSA) is 95.9 Å². The molecule has 0 bridgehead atoms. The fraction of sp³-hybridized carbons (Fsp3) is 0.333. The molecule has 0 saturated heterocycles. The summed E-state index contributed by atoms with van der Waals surface area (Å²) < 4.78 is 6.08. The lowest BCUT2D eigenvalue weighted by Gasteiger charge is -2.08. The summed E-state index contributed by atoms with van der Waals surface area (Å²) in [6, 6.07) is 7.05. The van der Waals surface area contributed by atoms with E-state index in [1.807, 2.05) is 6.07 Å². The second-order valence-corrected chi connectivity index (χ2v) is 4.65. The zero-order chi connectivity index (χ0) is 14.3.